The number of aromatic hydroxyl groups is 1. The first kappa shape index (κ1) is 17.2. The van der Waals surface area contributed by atoms with Crippen molar-refractivity contribution < 1.29 is 14.6 Å². The normalized spacial score (nSPS) is 12.3. The Morgan fingerprint density at radius 1 is 1.32 bits per heavy atom. The molecule has 2 N–H and O–H groups in total. The van der Waals surface area contributed by atoms with Gasteiger partial charge in [-0.2, -0.15) is 0 Å². The average molecular weight is 358 g/mol. The van der Waals surface area contributed by atoms with E-state index in [1.807, 2.05) is 13.8 Å². The SMILES string of the molecule is Cc1cccc(C(=O)O[C@@H](C)c2nc3sc(C)c(C)c3c(=O)[nH]2)c1O. The van der Waals surface area contributed by atoms with Gasteiger partial charge in [-0.1, -0.05) is 12.1 Å². The summed E-state index contributed by atoms with van der Waals surface area (Å²) >= 11 is 1.43. The number of hydrogen-bond donors (Lipinski definition) is 2. The molecule has 0 aliphatic carbocycles. The van der Waals surface area contributed by atoms with Crippen LogP contribution in [0.25, 0.3) is 10.2 Å². The molecule has 0 fully saturated rings. The number of benzene rings is 1. The Morgan fingerprint density at radius 2 is 2.04 bits per heavy atom. The molecule has 0 aliphatic rings. The van der Waals surface area contributed by atoms with E-state index in [2.05, 4.69) is 9.97 Å². The van der Waals surface area contributed by atoms with Gasteiger partial charge in [-0.15, -0.1) is 11.3 Å². The number of phenols is 1. The van der Waals surface area contributed by atoms with Crippen LogP contribution in [0.4, 0.5) is 0 Å². The van der Waals surface area contributed by atoms with Crippen LogP contribution in [0.2, 0.25) is 0 Å². The lowest BCUT2D eigenvalue weighted by atomic mass is 10.1. The van der Waals surface area contributed by atoms with Crippen LogP contribution in [0.1, 0.15) is 45.2 Å². The summed E-state index contributed by atoms with van der Waals surface area (Å²) in [5, 5.41) is 10.6. The van der Waals surface area contributed by atoms with Crippen molar-refractivity contribution in [3.05, 3.63) is 55.9 Å². The molecule has 1 aromatic carbocycles. The smallest absolute Gasteiger partial charge is 0.342 e. The number of ether oxygens (including phenoxy) is 1. The molecular weight excluding hydrogens is 340 g/mol. The zero-order valence-corrected chi connectivity index (χ0v) is 15.2. The van der Waals surface area contributed by atoms with Crippen molar-refractivity contribution in [2.75, 3.05) is 0 Å². The molecule has 2 aromatic heterocycles. The number of carbonyl (C=O) groups excluding carboxylic acids is 1. The third-order valence-electron chi connectivity index (χ3n) is 4.18. The van der Waals surface area contributed by atoms with E-state index < -0.39 is 12.1 Å². The maximum Gasteiger partial charge on any atom is 0.342 e. The number of esters is 1. The summed E-state index contributed by atoms with van der Waals surface area (Å²) in [4.78, 5) is 33.4. The van der Waals surface area contributed by atoms with Gasteiger partial charge in [-0.05, 0) is 44.9 Å². The minimum atomic E-state index is -0.757. The van der Waals surface area contributed by atoms with Gasteiger partial charge in [0.15, 0.2) is 11.9 Å². The number of hydrogen-bond acceptors (Lipinski definition) is 6. The van der Waals surface area contributed by atoms with Crippen LogP contribution in [-0.2, 0) is 4.74 Å². The summed E-state index contributed by atoms with van der Waals surface area (Å²) in [5.41, 5.74) is 1.33. The molecule has 0 spiro atoms. The van der Waals surface area contributed by atoms with E-state index in [4.69, 9.17) is 4.74 Å². The summed E-state index contributed by atoms with van der Waals surface area (Å²) in [6.45, 7) is 7.14. The highest BCUT2D eigenvalue weighted by Gasteiger charge is 2.21. The molecule has 1 atom stereocenters. The van der Waals surface area contributed by atoms with Crippen LogP contribution >= 0.6 is 11.3 Å². The molecule has 0 amide bonds. The van der Waals surface area contributed by atoms with Gasteiger partial charge in [-0.25, -0.2) is 9.78 Å². The highest BCUT2D eigenvalue weighted by molar-refractivity contribution is 7.18. The third kappa shape index (κ3) is 3.02. The minimum absolute atomic E-state index is 0.0816. The first-order valence-electron chi connectivity index (χ1n) is 7.79. The Labute approximate surface area is 148 Å². The highest BCUT2D eigenvalue weighted by atomic mass is 32.1. The molecule has 0 saturated heterocycles. The number of aryl methyl sites for hydroxylation is 3. The van der Waals surface area contributed by atoms with Gasteiger partial charge in [0.2, 0.25) is 0 Å². The first-order valence-corrected chi connectivity index (χ1v) is 8.60. The Balaban J connectivity index is 1.92. The number of para-hydroxylation sites is 1. The van der Waals surface area contributed by atoms with Crippen LogP contribution in [0.3, 0.4) is 0 Å². The van der Waals surface area contributed by atoms with Crippen molar-refractivity contribution in [2.24, 2.45) is 0 Å². The van der Waals surface area contributed by atoms with Crippen LogP contribution < -0.4 is 5.56 Å². The standard InChI is InChI=1S/C18H18N2O4S/c1-8-6-5-7-12(14(8)21)18(23)24-10(3)15-19-16(22)13-9(2)11(4)25-17(13)20-15/h5-7,10,21H,1-4H3,(H,19,20,22)/t10-/m0/s1. The maximum atomic E-state index is 12.3. The van der Waals surface area contributed by atoms with Crippen LogP contribution in [0, 0.1) is 20.8 Å². The van der Waals surface area contributed by atoms with Gasteiger partial charge in [0.25, 0.3) is 5.56 Å². The number of thiophene rings is 1. The number of aromatic nitrogens is 2. The van der Waals surface area contributed by atoms with Gasteiger partial charge in [0.1, 0.15) is 16.1 Å². The predicted molar refractivity (Wildman–Crippen MR) is 96.4 cm³/mol. The van der Waals surface area contributed by atoms with Gasteiger partial charge in [0, 0.05) is 4.88 Å². The monoisotopic (exact) mass is 358 g/mol. The lowest BCUT2D eigenvalue weighted by Crippen LogP contribution is -2.17. The summed E-state index contributed by atoms with van der Waals surface area (Å²) in [6, 6.07) is 4.85. The molecule has 0 bridgehead atoms. The third-order valence-corrected chi connectivity index (χ3v) is 5.29. The molecule has 0 unspecified atom stereocenters. The number of nitrogens with zero attached hydrogens (tertiary/aromatic N) is 1. The summed E-state index contributed by atoms with van der Waals surface area (Å²) in [6.07, 6.45) is -0.757. The quantitative estimate of drug-likeness (QED) is 0.699. The zero-order valence-electron chi connectivity index (χ0n) is 14.3. The number of carbonyl (C=O) groups is 1. The summed E-state index contributed by atoms with van der Waals surface area (Å²) in [5.74, 6) is -0.504. The lowest BCUT2D eigenvalue weighted by molar-refractivity contribution is 0.0316. The second-order valence-corrected chi connectivity index (χ2v) is 7.14. The van der Waals surface area contributed by atoms with E-state index in [1.165, 1.54) is 17.4 Å². The average Bonchev–Trinajstić information content (AvgIpc) is 2.84. The maximum absolute atomic E-state index is 12.3. The fourth-order valence-electron chi connectivity index (χ4n) is 2.57. The highest BCUT2D eigenvalue weighted by Crippen LogP contribution is 2.28. The Bertz CT molecular complexity index is 1040. The number of nitrogens with one attached hydrogen (secondary N) is 1. The predicted octanol–water partition coefficient (Wildman–Crippen LogP) is 3.53. The Kier molecular flexibility index (Phi) is 4.34. The molecule has 0 aliphatic heterocycles. The van der Waals surface area contributed by atoms with Crippen LogP contribution in [0.15, 0.2) is 23.0 Å². The van der Waals surface area contributed by atoms with E-state index in [0.717, 1.165) is 10.4 Å². The van der Waals surface area contributed by atoms with Crippen molar-refractivity contribution in [3.8, 4) is 5.75 Å². The van der Waals surface area contributed by atoms with E-state index in [0.29, 0.717) is 15.8 Å². The van der Waals surface area contributed by atoms with E-state index in [1.54, 1.807) is 26.0 Å². The summed E-state index contributed by atoms with van der Waals surface area (Å²) in [7, 11) is 0. The number of phenolic OH excluding ortho intramolecular Hbond substituents is 1. The molecule has 130 valence electrons. The fourth-order valence-corrected chi connectivity index (χ4v) is 3.60. The minimum Gasteiger partial charge on any atom is -0.507 e. The first-order chi connectivity index (χ1) is 11.8. The van der Waals surface area contributed by atoms with E-state index >= 15 is 0 Å². The Hall–Kier alpha value is -2.67. The van der Waals surface area contributed by atoms with Crippen molar-refractivity contribution in [3.63, 3.8) is 0 Å². The molecule has 3 rings (SSSR count). The molecular formula is C18H18N2O4S. The number of H-pyrrole nitrogens is 1. The van der Waals surface area contributed by atoms with Crippen molar-refractivity contribution in [1.29, 1.82) is 0 Å². The fraction of sp³-hybridized carbons (Fsp3) is 0.278. The van der Waals surface area contributed by atoms with Crippen molar-refractivity contribution in [1.82, 2.24) is 9.97 Å². The van der Waals surface area contributed by atoms with Gasteiger partial charge < -0.3 is 14.8 Å². The van der Waals surface area contributed by atoms with Crippen molar-refractivity contribution in [2.45, 2.75) is 33.8 Å². The molecule has 25 heavy (non-hydrogen) atoms. The zero-order chi connectivity index (χ0) is 18.3. The second-order valence-electron chi connectivity index (χ2n) is 5.93. The topological polar surface area (TPSA) is 92.3 Å². The molecule has 3 aromatic rings. The summed E-state index contributed by atoms with van der Waals surface area (Å²) < 4.78 is 5.37. The van der Waals surface area contributed by atoms with Gasteiger partial charge in [-0.3, -0.25) is 4.79 Å². The lowest BCUT2D eigenvalue weighted by Gasteiger charge is -2.13. The van der Waals surface area contributed by atoms with Gasteiger partial charge >= 0.3 is 5.97 Å². The van der Waals surface area contributed by atoms with Crippen LogP contribution in [-0.4, -0.2) is 21.0 Å². The molecule has 6 nitrogen and oxygen atoms in total. The van der Waals surface area contributed by atoms with Crippen molar-refractivity contribution >= 4 is 27.5 Å². The molecule has 0 saturated carbocycles. The largest absolute Gasteiger partial charge is 0.507 e. The van der Waals surface area contributed by atoms with Crippen LogP contribution in [0.5, 0.6) is 5.75 Å². The molecule has 0 radical (unpaired) electrons. The Morgan fingerprint density at radius 3 is 2.76 bits per heavy atom. The van der Waals surface area contributed by atoms with E-state index in [9.17, 15) is 14.7 Å². The number of aromatic amines is 1. The second kappa shape index (κ2) is 6.33. The number of rotatable bonds is 3. The van der Waals surface area contributed by atoms with Gasteiger partial charge in [0.05, 0.1) is 5.39 Å². The number of fused-ring (bicyclic) bond motifs is 1. The molecule has 7 heteroatoms. The van der Waals surface area contributed by atoms with E-state index in [-0.39, 0.29) is 22.7 Å². The molecule has 2 heterocycles.